The zero-order valence-electron chi connectivity index (χ0n) is 14.8. The van der Waals surface area contributed by atoms with Gasteiger partial charge >= 0.3 is 11.9 Å². The van der Waals surface area contributed by atoms with Crippen LogP contribution in [0.2, 0.25) is 0 Å². The van der Waals surface area contributed by atoms with Gasteiger partial charge in [-0.15, -0.1) is 0 Å². The van der Waals surface area contributed by atoms with Gasteiger partial charge in [0.2, 0.25) is 11.8 Å². The fourth-order valence-electron chi connectivity index (χ4n) is 3.55. The van der Waals surface area contributed by atoms with Gasteiger partial charge in [0.05, 0.1) is 13.1 Å². The molecule has 0 aliphatic carbocycles. The lowest BCUT2D eigenvalue weighted by Crippen LogP contribution is -2.42. The van der Waals surface area contributed by atoms with Crippen molar-refractivity contribution < 1.29 is 31.3 Å². The number of amides is 1. The molecule has 0 saturated carbocycles. The van der Waals surface area contributed by atoms with Gasteiger partial charge in [0.15, 0.2) is 12.3 Å². The van der Waals surface area contributed by atoms with Crippen LogP contribution in [0.5, 0.6) is 0 Å². The first kappa shape index (κ1) is 19.5. The van der Waals surface area contributed by atoms with Crippen LogP contribution in [0.25, 0.3) is 0 Å². The van der Waals surface area contributed by atoms with Gasteiger partial charge in [-0.1, -0.05) is 5.16 Å². The van der Waals surface area contributed by atoms with Crippen LogP contribution >= 0.6 is 0 Å². The number of aromatic nitrogens is 5. The summed E-state index contributed by atoms with van der Waals surface area (Å²) in [7, 11) is 0. The normalized spacial score (nSPS) is 24.7. The minimum absolute atomic E-state index is 0.253. The minimum atomic E-state index is -4.80. The quantitative estimate of drug-likeness (QED) is 0.682. The maximum Gasteiger partial charge on any atom is 0.455 e. The molecule has 0 radical (unpaired) electrons. The predicted molar refractivity (Wildman–Crippen MR) is 83.2 cm³/mol. The van der Waals surface area contributed by atoms with Crippen LogP contribution in [-0.2, 0) is 23.9 Å². The van der Waals surface area contributed by atoms with Crippen LogP contribution in [0.1, 0.15) is 36.4 Å². The third-order valence-corrected chi connectivity index (χ3v) is 4.92. The van der Waals surface area contributed by atoms with Crippen molar-refractivity contribution in [3.63, 3.8) is 0 Å². The van der Waals surface area contributed by atoms with Crippen LogP contribution < -0.4 is 5.69 Å². The second kappa shape index (κ2) is 6.91. The van der Waals surface area contributed by atoms with Gasteiger partial charge in [0.1, 0.15) is 18.4 Å². The average molecular weight is 422 g/mol. The van der Waals surface area contributed by atoms with E-state index in [4.69, 9.17) is 0 Å². The van der Waals surface area contributed by atoms with Crippen LogP contribution in [0, 0.1) is 0 Å². The Morgan fingerprint density at radius 2 is 1.90 bits per heavy atom. The largest absolute Gasteiger partial charge is 0.455 e. The van der Waals surface area contributed by atoms with Crippen molar-refractivity contribution in [2.75, 3.05) is 13.1 Å². The summed E-state index contributed by atoms with van der Waals surface area (Å²) in [5, 5.41) is 6.86. The Bertz CT molecular complexity index is 972. The molecule has 158 valence electrons. The van der Waals surface area contributed by atoms with Gasteiger partial charge in [-0.25, -0.2) is 18.3 Å². The molecule has 1 fully saturated rings. The van der Waals surface area contributed by atoms with E-state index in [2.05, 4.69) is 19.8 Å². The number of likely N-dealkylation sites (tertiary alicyclic amines) is 1. The second-order valence-corrected chi connectivity index (χ2v) is 6.92. The maximum atomic E-state index is 13.4. The zero-order valence-corrected chi connectivity index (χ0v) is 14.8. The smallest absolute Gasteiger partial charge is 0.337 e. The highest BCUT2D eigenvalue weighted by atomic mass is 19.4. The fraction of sp³-hybridized carbons (Fsp3) is 0.667. The van der Waals surface area contributed by atoms with Crippen LogP contribution in [-0.4, -0.2) is 60.7 Å². The molecule has 9 nitrogen and oxygen atoms in total. The van der Waals surface area contributed by atoms with E-state index in [1.165, 1.54) is 0 Å². The number of carbonyl (C=O) groups is 1. The first-order valence-electron chi connectivity index (χ1n) is 8.80. The van der Waals surface area contributed by atoms with Gasteiger partial charge in [-0.3, -0.25) is 9.36 Å². The second-order valence-electron chi connectivity index (χ2n) is 6.92. The van der Waals surface area contributed by atoms with Gasteiger partial charge in [0, 0.05) is 6.42 Å². The van der Waals surface area contributed by atoms with E-state index in [9.17, 15) is 31.5 Å². The van der Waals surface area contributed by atoms with Crippen molar-refractivity contribution in [1.29, 1.82) is 0 Å². The molecule has 0 N–H and O–H groups in total. The third-order valence-electron chi connectivity index (χ3n) is 4.92. The monoisotopic (exact) mass is 422 g/mol. The molecule has 4 heterocycles. The molecule has 14 heteroatoms. The maximum absolute atomic E-state index is 13.4. The van der Waals surface area contributed by atoms with Crippen LogP contribution in [0.3, 0.4) is 0 Å². The van der Waals surface area contributed by atoms with E-state index >= 15 is 0 Å². The molecular formula is C15H15F5N6O3. The number of fused-ring (bicyclic) bond motifs is 1. The summed E-state index contributed by atoms with van der Waals surface area (Å²) in [5.41, 5.74) is -0.752. The molecule has 0 spiro atoms. The molecule has 29 heavy (non-hydrogen) atoms. The first-order valence-corrected chi connectivity index (χ1v) is 8.80. The van der Waals surface area contributed by atoms with Gasteiger partial charge in [-0.2, -0.15) is 23.3 Å². The Labute approximate surface area is 159 Å². The fourth-order valence-corrected chi connectivity index (χ4v) is 3.55. The third kappa shape index (κ3) is 3.51. The van der Waals surface area contributed by atoms with Crippen molar-refractivity contribution in [1.82, 2.24) is 29.4 Å². The SMILES string of the molecule is O=C(C1CCCc2nn(Cc3nc(C(F)(F)F)no3)c(=O)n21)N1CC(F)C(F)C1. The molecule has 3 unspecified atom stereocenters. The van der Waals surface area contributed by atoms with Crippen molar-refractivity contribution in [3.05, 3.63) is 28.0 Å². The van der Waals surface area contributed by atoms with E-state index in [0.717, 1.165) is 14.1 Å². The lowest BCUT2D eigenvalue weighted by Gasteiger charge is -2.26. The average Bonchev–Trinajstić information content (AvgIpc) is 3.34. The molecule has 0 aromatic carbocycles. The molecule has 3 atom stereocenters. The zero-order chi connectivity index (χ0) is 20.9. The summed E-state index contributed by atoms with van der Waals surface area (Å²) in [6.07, 6.45) is -7.20. The van der Waals surface area contributed by atoms with Crippen molar-refractivity contribution in [2.45, 2.75) is 50.4 Å². The van der Waals surface area contributed by atoms with E-state index < -0.39 is 67.5 Å². The van der Waals surface area contributed by atoms with Gasteiger partial charge in [-0.05, 0) is 12.8 Å². The Morgan fingerprint density at radius 3 is 2.52 bits per heavy atom. The number of hydrogen-bond acceptors (Lipinski definition) is 6. The highest BCUT2D eigenvalue weighted by Crippen LogP contribution is 2.28. The molecule has 2 aliphatic heterocycles. The molecular weight excluding hydrogens is 407 g/mol. The predicted octanol–water partition coefficient (Wildman–Crippen LogP) is 0.891. The van der Waals surface area contributed by atoms with E-state index in [1.807, 2.05) is 0 Å². The number of rotatable bonds is 3. The lowest BCUT2D eigenvalue weighted by molar-refractivity contribution is -0.146. The highest BCUT2D eigenvalue weighted by molar-refractivity contribution is 5.81. The lowest BCUT2D eigenvalue weighted by atomic mass is 10.0. The van der Waals surface area contributed by atoms with Crippen molar-refractivity contribution in [3.8, 4) is 0 Å². The van der Waals surface area contributed by atoms with Crippen molar-refractivity contribution >= 4 is 5.91 Å². The van der Waals surface area contributed by atoms with Crippen molar-refractivity contribution in [2.24, 2.45) is 0 Å². The first-order chi connectivity index (χ1) is 13.6. The standard InChI is InChI=1S/C15H15F5N6O3/c16-7-4-24(5-8(7)17)12(27)9-2-1-3-10-22-25(14(28)26(9)10)6-11-21-13(23-29-11)15(18,19)20/h7-9H,1-6H2. The molecule has 1 amide bonds. The Kier molecular flexibility index (Phi) is 4.65. The summed E-state index contributed by atoms with van der Waals surface area (Å²) in [5.74, 6) is -2.29. The minimum Gasteiger partial charge on any atom is -0.337 e. The van der Waals surface area contributed by atoms with E-state index in [1.54, 1.807) is 0 Å². The number of carbonyl (C=O) groups excluding carboxylic acids is 1. The van der Waals surface area contributed by atoms with Crippen LogP contribution in [0.15, 0.2) is 9.32 Å². The van der Waals surface area contributed by atoms with Gasteiger partial charge in [0.25, 0.3) is 5.82 Å². The number of hydrogen-bond donors (Lipinski definition) is 0. The van der Waals surface area contributed by atoms with Gasteiger partial charge < -0.3 is 9.42 Å². The Balaban J connectivity index is 1.59. The van der Waals surface area contributed by atoms with Crippen LogP contribution in [0.4, 0.5) is 22.0 Å². The molecule has 4 rings (SSSR count). The number of nitrogens with zero attached hydrogens (tertiary/aromatic N) is 6. The number of halogens is 5. The number of alkyl halides is 5. The molecule has 2 aromatic rings. The summed E-state index contributed by atoms with van der Waals surface area (Å²) in [6.45, 7) is -1.29. The summed E-state index contributed by atoms with van der Waals surface area (Å²) in [4.78, 5) is 29.7. The van der Waals surface area contributed by atoms with E-state index in [-0.39, 0.29) is 12.2 Å². The topological polar surface area (TPSA) is 99.0 Å². The summed E-state index contributed by atoms with van der Waals surface area (Å²) < 4.78 is 71.1. The summed E-state index contributed by atoms with van der Waals surface area (Å²) in [6, 6.07) is -0.981. The molecule has 0 bridgehead atoms. The highest BCUT2D eigenvalue weighted by Gasteiger charge is 2.41. The van der Waals surface area contributed by atoms with E-state index in [0.29, 0.717) is 12.8 Å². The molecule has 1 saturated heterocycles. The Hall–Kier alpha value is -2.80. The number of aryl methyl sites for hydroxylation is 1. The molecule has 2 aromatic heterocycles. The Morgan fingerprint density at radius 1 is 1.21 bits per heavy atom. The summed E-state index contributed by atoms with van der Waals surface area (Å²) >= 11 is 0. The molecule has 2 aliphatic rings.